The van der Waals surface area contributed by atoms with Gasteiger partial charge in [0.25, 0.3) is 0 Å². The molecule has 3 aromatic rings. The van der Waals surface area contributed by atoms with Crippen LogP contribution in [0.3, 0.4) is 0 Å². The second-order valence-corrected chi connectivity index (χ2v) is 5.56. The van der Waals surface area contributed by atoms with Crippen LogP contribution in [0.25, 0.3) is 10.9 Å². The molecule has 0 spiro atoms. The molecule has 0 aliphatic carbocycles. The Hall–Kier alpha value is -2.00. The highest BCUT2D eigenvalue weighted by Gasteiger charge is 2.11. The van der Waals surface area contributed by atoms with Crippen LogP contribution < -0.4 is 0 Å². The molecule has 20 heavy (non-hydrogen) atoms. The molecule has 2 nitrogen and oxygen atoms in total. The second kappa shape index (κ2) is 5.17. The molecule has 0 N–H and O–H groups in total. The van der Waals surface area contributed by atoms with Crippen LogP contribution >= 0.6 is 15.9 Å². The van der Waals surface area contributed by atoms with E-state index < -0.39 is 0 Å². The van der Waals surface area contributed by atoms with Crippen molar-refractivity contribution in [1.82, 2.24) is 4.98 Å². The van der Waals surface area contributed by atoms with Crippen LogP contribution in [0.5, 0.6) is 0 Å². The standard InChI is InChI=1S/C17H12BrNO/c1-11-8-13(6-7-15(11)18)17(20)14-9-12-4-2-3-5-16(12)19-10-14/h2-10H,1H3. The fourth-order valence-corrected chi connectivity index (χ4v) is 2.39. The molecule has 0 saturated carbocycles. The monoisotopic (exact) mass is 325 g/mol. The third-order valence-corrected chi connectivity index (χ3v) is 4.16. The van der Waals surface area contributed by atoms with Gasteiger partial charge < -0.3 is 0 Å². The minimum absolute atomic E-state index is 0.00106. The van der Waals surface area contributed by atoms with Crippen LogP contribution in [0.1, 0.15) is 21.5 Å². The molecule has 0 amide bonds. The second-order valence-electron chi connectivity index (χ2n) is 4.71. The number of aryl methyl sites for hydroxylation is 1. The number of hydrogen-bond acceptors (Lipinski definition) is 2. The van der Waals surface area contributed by atoms with E-state index in [4.69, 9.17) is 0 Å². The number of fused-ring (bicyclic) bond motifs is 1. The van der Waals surface area contributed by atoms with Crippen molar-refractivity contribution in [2.45, 2.75) is 6.92 Å². The Balaban J connectivity index is 2.05. The third-order valence-electron chi connectivity index (χ3n) is 3.27. The average Bonchev–Trinajstić information content (AvgIpc) is 2.49. The summed E-state index contributed by atoms with van der Waals surface area (Å²) in [6.07, 6.45) is 1.64. The van der Waals surface area contributed by atoms with Crippen LogP contribution in [0.2, 0.25) is 0 Å². The van der Waals surface area contributed by atoms with E-state index in [0.717, 1.165) is 20.9 Å². The van der Waals surface area contributed by atoms with Gasteiger partial charge in [-0.2, -0.15) is 0 Å². The maximum absolute atomic E-state index is 12.5. The number of benzene rings is 2. The zero-order chi connectivity index (χ0) is 14.1. The van der Waals surface area contributed by atoms with Crippen LogP contribution in [0.4, 0.5) is 0 Å². The summed E-state index contributed by atoms with van der Waals surface area (Å²) in [6.45, 7) is 1.97. The Bertz CT molecular complexity index is 811. The van der Waals surface area contributed by atoms with Crippen LogP contribution in [-0.2, 0) is 0 Å². The number of ketones is 1. The first kappa shape index (κ1) is 13.0. The van der Waals surface area contributed by atoms with Crippen molar-refractivity contribution in [3.8, 4) is 0 Å². The van der Waals surface area contributed by atoms with E-state index in [1.807, 2.05) is 55.5 Å². The van der Waals surface area contributed by atoms with Crippen molar-refractivity contribution in [1.29, 1.82) is 0 Å². The molecule has 0 aliphatic rings. The molecule has 0 bridgehead atoms. The van der Waals surface area contributed by atoms with E-state index in [-0.39, 0.29) is 5.78 Å². The summed E-state index contributed by atoms with van der Waals surface area (Å²) in [7, 11) is 0. The zero-order valence-corrected chi connectivity index (χ0v) is 12.5. The van der Waals surface area contributed by atoms with Crippen molar-refractivity contribution >= 4 is 32.6 Å². The smallest absolute Gasteiger partial charge is 0.194 e. The summed E-state index contributed by atoms with van der Waals surface area (Å²) >= 11 is 3.44. The zero-order valence-electron chi connectivity index (χ0n) is 10.9. The quantitative estimate of drug-likeness (QED) is 0.647. The topological polar surface area (TPSA) is 30.0 Å². The highest BCUT2D eigenvalue weighted by Crippen LogP contribution is 2.20. The molecule has 1 heterocycles. The lowest BCUT2D eigenvalue weighted by molar-refractivity contribution is 0.103. The van der Waals surface area contributed by atoms with Crippen molar-refractivity contribution < 1.29 is 4.79 Å². The molecule has 0 aliphatic heterocycles. The SMILES string of the molecule is Cc1cc(C(=O)c2cnc3ccccc3c2)ccc1Br. The Labute approximate surface area is 125 Å². The first-order chi connectivity index (χ1) is 9.65. The number of pyridine rings is 1. The molecular formula is C17H12BrNO. The Morgan fingerprint density at radius 2 is 1.85 bits per heavy atom. The minimum Gasteiger partial charge on any atom is -0.289 e. The normalized spacial score (nSPS) is 10.7. The van der Waals surface area contributed by atoms with E-state index in [9.17, 15) is 4.79 Å². The molecule has 3 rings (SSSR count). The molecule has 0 saturated heterocycles. The number of para-hydroxylation sites is 1. The lowest BCUT2D eigenvalue weighted by Crippen LogP contribution is -2.02. The molecule has 0 unspecified atom stereocenters. The number of aromatic nitrogens is 1. The number of carbonyl (C=O) groups excluding carboxylic acids is 1. The summed E-state index contributed by atoms with van der Waals surface area (Å²) in [5, 5.41) is 0.979. The Kier molecular flexibility index (Phi) is 3.36. The van der Waals surface area contributed by atoms with Gasteiger partial charge in [-0.25, -0.2) is 0 Å². The minimum atomic E-state index is -0.00106. The average molecular weight is 326 g/mol. The van der Waals surface area contributed by atoms with Crippen LogP contribution in [0, 0.1) is 6.92 Å². The highest BCUT2D eigenvalue weighted by molar-refractivity contribution is 9.10. The summed E-state index contributed by atoms with van der Waals surface area (Å²) in [5.41, 5.74) is 3.24. The maximum Gasteiger partial charge on any atom is 0.194 e. The van der Waals surface area contributed by atoms with Gasteiger partial charge in [-0.15, -0.1) is 0 Å². The summed E-state index contributed by atoms with van der Waals surface area (Å²) in [5.74, 6) is -0.00106. The predicted molar refractivity (Wildman–Crippen MR) is 84.1 cm³/mol. The highest BCUT2D eigenvalue weighted by atomic mass is 79.9. The van der Waals surface area contributed by atoms with E-state index in [1.165, 1.54) is 0 Å². The molecule has 0 radical (unpaired) electrons. The molecule has 1 aromatic heterocycles. The van der Waals surface area contributed by atoms with Gasteiger partial charge in [-0.1, -0.05) is 34.1 Å². The fraction of sp³-hybridized carbons (Fsp3) is 0.0588. The van der Waals surface area contributed by atoms with E-state index in [0.29, 0.717) is 11.1 Å². The van der Waals surface area contributed by atoms with Gasteiger partial charge in [-0.05, 0) is 42.8 Å². The van der Waals surface area contributed by atoms with E-state index in [2.05, 4.69) is 20.9 Å². The predicted octanol–water partition coefficient (Wildman–Crippen LogP) is 4.54. The van der Waals surface area contributed by atoms with Crippen molar-refractivity contribution in [2.75, 3.05) is 0 Å². The number of carbonyl (C=O) groups is 1. The molecule has 0 fully saturated rings. The van der Waals surface area contributed by atoms with Gasteiger partial charge >= 0.3 is 0 Å². The van der Waals surface area contributed by atoms with Crippen LogP contribution in [0.15, 0.2) is 59.2 Å². The van der Waals surface area contributed by atoms with Crippen molar-refractivity contribution in [2.24, 2.45) is 0 Å². The Morgan fingerprint density at radius 1 is 1.05 bits per heavy atom. The lowest BCUT2D eigenvalue weighted by atomic mass is 10.0. The van der Waals surface area contributed by atoms with Gasteiger partial charge in [0.2, 0.25) is 0 Å². The summed E-state index contributed by atoms with van der Waals surface area (Å²) < 4.78 is 1.01. The first-order valence-electron chi connectivity index (χ1n) is 6.31. The molecule has 98 valence electrons. The van der Waals surface area contributed by atoms with Crippen molar-refractivity contribution in [3.63, 3.8) is 0 Å². The summed E-state index contributed by atoms with van der Waals surface area (Å²) in [4.78, 5) is 16.8. The van der Waals surface area contributed by atoms with E-state index >= 15 is 0 Å². The molecule has 2 aromatic carbocycles. The van der Waals surface area contributed by atoms with Gasteiger partial charge in [0.05, 0.1) is 5.52 Å². The van der Waals surface area contributed by atoms with Gasteiger partial charge in [0.1, 0.15) is 0 Å². The largest absolute Gasteiger partial charge is 0.289 e. The van der Waals surface area contributed by atoms with Crippen molar-refractivity contribution in [3.05, 3.63) is 75.9 Å². The number of hydrogen-bond donors (Lipinski definition) is 0. The number of rotatable bonds is 2. The van der Waals surface area contributed by atoms with E-state index in [1.54, 1.807) is 6.20 Å². The molecule has 0 atom stereocenters. The third kappa shape index (κ3) is 2.37. The lowest BCUT2D eigenvalue weighted by Gasteiger charge is -2.05. The van der Waals surface area contributed by atoms with Gasteiger partial charge in [0, 0.05) is 27.2 Å². The fourth-order valence-electron chi connectivity index (χ4n) is 2.15. The molecular weight excluding hydrogens is 314 g/mol. The molecule has 3 heteroatoms. The summed E-state index contributed by atoms with van der Waals surface area (Å²) in [6, 6.07) is 15.3. The number of nitrogens with zero attached hydrogens (tertiary/aromatic N) is 1. The number of halogens is 1. The van der Waals surface area contributed by atoms with Gasteiger partial charge in [0.15, 0.2) is 5.78 Å². The maximum atomic E-state index is 12.5. The Morgan fingerprint density at radius 3 is 2.65 bits per heavy atom. The first-order valence-corrected chi connectivity index (χ1v) is 7.10. The van der Waals surface area contributed by atoms with Gasteiger partial charge in [-0.3, -0.25) is 9.78 Å². The van der Waals surface area contributed by atoms with Crippen LogP contribution in [-0.4, -0.2) is 10.8 Å².